The Kier molecular flexibility index (Phi) is 5.27. The van der Waals surface area contributed by atoms with Gasteiger partial charge in [-0.2, -0.15) is 5.26 Å². The SMILES string of the molecule is CCOc1ccc([C@@H]2C(C#N)=C(N)S[C@H]3C(=O)N(c4ccc(C)cc4)C(=O)[C@H]32)cc1. The van der Waals surface area contributed by atoms with E-state index in [1.165, 1.54) is 4.90 Å². The van der Waals surface area contributed by atoms with Crippen molar-refractivity contribution in [1.29, 1.82) is 5.26 Å². The summed E-state index contributed by atoms with van der Waals surface area (Å²) in [5.74, 6) is -1.17. The van der Waals surface area contributed by atoms with Crippen LogP contribution in [0.2, 0.25) is 0 Å². The number of nitrogens with two attached hydrogens (primary N) is 1. The van der Waals surface area contributed by atoms with Gasteiger partial charge in [-0.25, -0.2) is 4.90 Å². The second-order valence-electron chi connectivity index (χ2n) is 7.28. The number of imide groups is 1. The van der Waals surface area contributed by atoms with Gasteiger partial charge in [0.05, 0.1) is 34.9 Å². The van der Waals surface area contributed by atoms with Gasteiger partial charge in [-0.1, -0.05) is 41.6 Å². The largest absolute Gasteiger partial charge is 0.494 e. The second-order valence-corrected chi connectivity index (χ2v) is 8.46. The van der Waals surface area contributed by atoms with Gasteiger partial charge in [0, 0.05) is 5.92 Å². The standard InChI is InChI=1S/C23H21N3O3S/c1-3-29-16-10-6-14(7-11-16)18-17(12-24)21(25)30-20-19(18)22(27)26(23(20)28)15-8-4-13(2)5-9-15/h4-11,18-20H,3,25H2,1-2H3/t18-,19+,20-/m1/s1. The Labute approximate surface area is 179 Å². The molecule has 0 unspecified atom stereocenters. The lowest BCUT2D eigenvalue weighted by Gasteiger charge is -2.30. The molecule has 2 N–H and O–H groups in total. The van der Waals surface area contributed by atoms with Gasteiger partial charge in [-0.3, -0.25) is 9.59 Å². The molecule has 1 saturated heterocycles. The summed E-state index contributed by atoms with van der Waals surface area (Å²) >= 11 is 1.11. The predicted molar refractivity (Wildman–Crippen MR) is 116 cm³/mol. The molecule has 2 aliphatic rings. The quantitative estimate of drug-likeness (QED) is 0.762. The highest BCUT2D eigenvalue weighted by molar-refractivity contribution is 8.04. The molecule has 0 bridgehead atoms. The fourth-order valence-corrected chi connectivity index (χ4v) is 5.23. The molecular weight excluding hydrogens is 398 g/mol. The predicted octanol–water partition coefficient (Wildman–Crippen LogP) is 3.48. The highest BCUT2D eigenvalue weighted by Gasteiger charge is 2.56. The van der Waals surface area contributed by atoms with Crippen LogP contribution in [0, 0.1) is 24.2 Å². The molecule has 0 aromatic heterocycles. The van der Waals surface area contributed by atoms with Crippen molar-refractivity contribution in [1.82, 2.24) is 0 Å². The molecule has 1 fully saturated rings. The lowest BCUT2D eigenvalue weighted by Crippen LogP contribution is -2.33. The maximum atomic E-state index is 13.5. The third-order valence-corrected chi connectivity index (χ3v) is 6.67. The van der Waals surface area contributed by atoms with Crippen molar-refractivity contribution in [2.45, 2.75) is 25.0 Å². The molecule has 152 valence electrons. The minimum absolute atomic E-state index is 0.296. The first kappa shape index (κ1) is 20.0. The van der Waals surface area contributed by atoms with Crippen molar-refractivity contribution >= 4 is 29.3 Å². The fourth-order valence-electron chi connectivity index (χ4n) is 4.03. The van der Waals surface area contributed by atoms with Crippen LogP contribution in [0.3, 0.4) is 0 Å². The van der Waals surface area contributed by atoms with E-state index in [-0.39, 0.29) is 11.8 Å². The minimum Gasteiger partial charge on any atom is -0.494 e. The first-order chi connectivity index (χ1) is 14.5. The number of rotatable bonds is 4. The van der Waals surface area contributed by atoms with E-state index in [4.69, 9.17) is 10.5 Å². The van der Waals surface area contributed by atoms with E-state index in [0.717, 1.165) is 22.9 Å². The van der Waals surface area contributed by atoms with Crippen molar-refractivity contribution < 1.29 is 14.3 Å². The molecule has 3 atom stereocenters. The Bertz CT molecular complexity index is 1070. The molecule has 30 heavy (non-hydrogen) atoms. The number of carbonyl (C=O) groups excluding carboxylic acids is 2. The van der Waals surface area contributed by atoms with E-state index in [9.17, 15) is 14.9 Å². The number of nitrogens with zero attached hydrogens (tertiary/aromatic N) is 2. The Morgan fingerprint density at radius 3 is 2.37 bits per heavy atom. The minimum atomic E-state index is -0.691. The molecule has 6 nitrogen and oxygen atoms in total. The van der Waals surface area contributed by atoms with Crippen molar-refractivity contribution in [3.63, 3.8) is 0 Å². The van der Waals surface area contributed by atoms with Gasteiger partial charge in [-0.05, 0) is 43.7 Å². The van der Waals surface area contributed by atoms with Crippen molar-refractivity contribution in [3.05, 3.63) is 70.3 Å². The molecular formula is C23H21N3O3S. The average Bonchev–Trinajstić information content (AvgIpc) is 2.98. The summed E-state index contributed by atoms with van der Waals surface area (Å²) in [6, 6.07) is 16.7. The number of fused-ring (bicyclic) bond motifs is 1. The van der Waals surface area contributed by atoms with Crippen LogP contribution in [0.1, 0.15) is 24.0 Å². The van der Waals surface area contributed by atoms with Crippen molar-refractivity contribution in [2.24, 2.45) is 11.7 Å². The van der Waals surface area contributed by atoms with Gasteiger partial charge >= 0.3 is 0 Å². The van der Waals surface area contributed by atoms with Crippen molar-refractivity contribution in [3.8, 4) is 11.8 Å². The summed E-state index contributed by atoms with van der Waals surface area (Å²) in [6.07, 6.45) is 0. The van der Waals surface area contributed by atoms with Crippen molar-refractivity contribution in [2.75, 3.05) is 11.5 Å². The van der Waals surface area contributed by atoms with Gasteiger partial charge in [0.2, 0.25) is 11.8 Å². The number of benzene rings is 2. The molecule has 2 amide bonds. The monoisotopic (exact) mass is 419 g/mol. The first-order valence-corrected chi connectivity index (χ1v) is 10.6. The number of ether oxygens (including phenoxy) is 1. The summed E-state index contributed by atoms with van der Waals surface area (Å²) < 4.78 is 5.50. The molecule has 0 aliphatic carbocycles. The van der Waals surface area contributed by atoms with Crippen LogP contribution >= 0.6 is 11.8 Å². The van der Waals surface area contributed by atoms with E-state index >= 15 is 0 Å². The van der Waals surface area contributed by atoms with Gasteiger partial charge in [0.25, 0.3) is 0 Å². The third-order valence-electron chi connectivity index (χ3n) is 5.45. The zero-order valence-corrected chi connectivity index (χ0v) is 17.5. The fraction of sp³-hybridized carbons (Fsp3) is 0.261. The zero-order valence-electron chi connectivity index (χ0n) is 16.7. The molecule has 0 radical (unpaired) electrons. The Balaban J connectivity index is 1.77. The summed E-state index contributed by atoms with van der Waals surface area (Å²) in [5.41, 5.74) is 8.84. The van der Waals surface area contributed by atoms with Gasteiger partial charge in [-0.15, -0.1) is 0 Å². The van der Waals surface area contributed by atoms with Gasteiger partial charge in [0.15, 0.2) is 0 Å². The van der Waals surface area contributed by atoms with Crippen LogP contribution in [-0.2, 0) is 9.59 Å². The maximum absolute atomic E-state index is 13.5. The summed E-state index contributed by atoms with van der Waals surface area (Å²) in [6.45, 7) is 4.38. The molecule has 2 aliphatic heterocycles. The molecule has 2 aromatic rings. The number of nitriles is 1. The van der Waals surface area contributed by atoms with E-state index in [2.05, 4.69) is 6.07 Å². The summed E-state index contributed by atoms with van der Waals surface area (Å²) in [5, 5.41) is 9.42. The number of allylic oxidation sites excluding steroid dienone is 1. The number of thioether (sulfide) groups is 1. The number of carbonyl (C=O) groups is 2. The highest BCUT2D eigenvalue weighted by Crippen LogP contribution is 2.50. The number of anilines is 1. The van der Waals surface area contributed by atoms with E-state index in [1.807, 2.05) is 38.1 Å². The number of hydrogen-bond acceptors (Lipinski definition) is 6. The number of aryl methyl sites for hydroxylation is 1. The van der Waals surface area contributed by atoms with Gasteiger partial charge < -0.3 is 10.5 Å². The number of amides is 2. The van der Waals surface area contributed by atoms with E-state index in [1.54, 1.807) is 24.3 Å². The normalized spacial score (nSPS) is 23.4. The second kappa shape index (κ2) is 7.88. The van der Waals surface area contributed by atoms with Crippen LogP contribution in [0.15, 0.2) is 59.1 Å². The smallest absolute Gasteiger partial charge is 0.248 e. The van der Waals surface area contributed by atoms with E-state index in [0.29, 0.717) is 28.6 Å². The first-order valence-electron chi connectivity index (χ1n) is 9.70. The van der Waals surface area contributed by atoms with Crippen LogP contribution < -0.4 is 15.4 Å². The Hall–Kier alpha value is -3.24. The topological polar surface area (TPSA) is 96.4 Å². The van der Waals surface area contributed by atoms with Crippen LogP contribution in [-0.4, -0.2) is 23.7 Å². The molecule has 0 spiro atoms. The zero-order chi connectivity index (χ0) is 21.4. The lowest BCUT2D eigenvalue weighted by molar-refractivity contribution is -0.122. The Morgan fingerprint density at radius 1 is 1.10 bits per heavy atom. The molecule has 7 heteroatoms. The lowest BCUT2D eigenvalue weighted by atomic mass is 9.79. The summed E-state index contributed by atoms with van der Waals surface area (Å²) in [7, 11) is 0. The average molecular weight is 420 g/mol. The molecule has 2 heterocycles. The highest BCUT2D eigenvalue weighted by atomic mass is 32.2. The molecule has 0 saturated carbocycles. The third kappa shape index (κ3) is 3.23. The van der Waals surface area contributed by atoms with E-state index < -0.39 is 17.1 Å². The van der Waals surface area contributed by atoms with Crippen LogP contribution in [0.5, 0.6) is 5.75 Å². The number of hydrogen-bond donors (Lipinski definition) is 1. The molecule has 4 rings (SSSR count). The van der Waals surface area contributed by atoms with Gasteiger partial charge in [0.1, 0.15) is 11.0 Å². The van der Waals surface area contributed by atoms with Crippen LogP contribution in [0.4, 0.5) is 5.69 Å². The molecule has 2 aromatic carbocycles. The summed E-state index contributed by atoms with van der Waals surface area (Å²) in [4.78, 5) is 27.9. The maximum Gasteiger partial charge on any atom is 0.248 e. The Morgan fingerprint density at radius 2 is 1.77 bits per heavy atom. The van der Waals surface area contributed by atoms with Crippen LogP contribution in [0.25, 0.3) is 0 Å².